The van der Waals surface area contributed by atoms with Crippen LogP contribution in [0.25, 0.3) is 10.6 Å². The SMILES string of the molecule is Cc1ccc(C(=O)COC(=O)Cc2csc(-c3ccsc3)n2)c(C)c1. The number of Topliss-reactive ketones (excluding diaryl/α,β-unsaturated/α-hetero) is 1. The number of aryl methyl sites for hydroxylation is 2. The Kier molecular flexibility index (Phi) is 5.40. The van der Waals surface area contributed by atoms with Gasteiger partial charge in [0.05, 0.1) is 12.1 Å². The summed E-state index contributed by atoms with van der Waals surface area (Å²) in [5, 5.41) is 6.74. The molecule has 0 aliphatic rings. The first-order valence-corrected chi connectivity index (χ1v) is 9.58. The van der Waals surface area contributed by atoms with E-state index in [2.05, 4.69) is 4.98 Å². The van der Waals surface area contributed by atoms with Gasteiger partial charge >= 0.3 is 5.97 Å². The fraction of sp³-hybridized carbons (Fsp3) is 0.211. The summed E-state index contributed by atoms with van der Waals surface area (Å²) in [4.78, 5) is 28.6. The van der Waals surface area contributed by atoms with Gasteiger partial charge < -0.3 is 4.74 Å². The van der Waals surface area contributed by atoms with E-state index in [0.29, 0.717) is 11.3 Å². The second kappa shape index (κ2) is 7.72. The zero-order valence-corrected chi connectivity index (χ0v) is 15.6. The minimum absolute atomic E-state index is 0.0702. The highest BCUT2D eigenvalue weighted by molar-refractivity contribution is 7.14. The van der Waals surface area contributed by atoms with Crippen molar-refractivity contribution in [3.63, 3.8) is 0 Å². The van der Waals surface area contributed by atoms with E-state index in [1.54, 1.807) is 17.4 Å². The highest BCUT2D eigenvalue weighted by Gasteiger charge is 2.14. The number of thiazole rings is 1. The summed E-state index contributed by atoms with van der Waals surface area (Å²) in [5.41, 5.74) is 4.29. The number of ether oxygens (including phenoxy) is 1. The summed E-state index contributed by atoms with van der Waals surface area (Å²) < 4.78 is 5.13. The van der Waals surface area contributed by atoms with Gasteiger partial charge in [0.15, 0.2) is 6.61 Å². The van der Waals surface area contributed by atoms with E-state index in [9.17, 15) is 9.59 Å². The van der Waals surface area contributed by atoms with Gasteiger partial charge in [0.2, 0.25) is 5.78 Å². The molecule has 0 radical (unpaired) electrons. The topological polar surface area (TPSA) is 56.3 Å². The van der Waals surface area contributed by atoms with Crippen LogP contribution in [-0.4, -0.2) is 23.3 Å². The third-order valence-corrected chi connectivity index (χ3v) is 5.32. The van der Waals surface area contributed by atoms with Gasteiger partial charge in [-0.15, -0.1) is 11.3 Å². The Hall–Kier alpha value is -2.31. The van der Waals surface area contributed by atoms with Crippen molar-refractivity contribution in [3.05, 3.63) is 62.8 Å². The van der Waals surface area contributed by atoms with Crippen LogP contribution in [0.3, 0.4) is 0 Å². The molecule has 2 aromatic heterocycles. The number of benzene rings is 1. The molecule has 0 unspecified atom stereocenters. The lowest BCUT2D eigenvalue weighted by Crippen LogP contribution is -2.16. The third-order valence-electron chi connectivity index (χ3n) is 3.69. The molecular weight excluding hydrogens is 354 g/mol. The summed E-state index contributed by atoms with van der Waals surface area (Å²) in [7, 11) is 0. The van der Waals surface area contributed by atoms with Crippen molar-refractivity contribution in [3.8, 4) is 10.6 Å². The lowest BCUT2D eigenvalue weighted by molar-refractivity contribution is -0.141. The first-order valence-electron chi connectivity index (χ1n) is 7.76. The van der Waals surface area contributed by atoms with E-state index in [1.807, 2.05) is 48.2 Å². The van der Waals surface area contributed by atoms with E-state index in [-0.39, 0.29) is 18.8 Å². The number of esters is 1. The molecule has 0 atom stereocenters. The van der Waals surface area contributed by atoms with Crippen LogP contribution in [0, 0.1) is 13.8 Å². The second-order valence-electron chi connectivity index (χ2n) is 5.74. The highest BCUT2D eigenvalue weighted by Crippen LogP contribution is 2.25. The zero-order chi connectivity index (χ0) is 17.8. The van der Waals surface area contributed by atoms with Gasteiger partial charge in [0.25, 0.3) is 0 Å². The van der Waals surface area contributed by atoms with Gasteiger partial charge in [-0.3, -0.25) is 9.59 Å². The van der Waals surface area contributed by atoms with Crippen molar-refractivity contribution in [1.29, 1.82) is 0 Å². The number of hydrogen-bond acceptors (Lipinski definition) is 6. The number of thiophene rings is 1. The largest absolute Gasteiger partial charge is 0.457 e. The van der Waals surface area contributed by atoms with Crippen LogP contribution < -0.4 is 0 Å². The number of ketones is 1. The number of carbonyl (C=O) groups is 2. The highest BCUT2D eigenvalue weighted by atomic mass is 32.1. The van der Waals surface area contributed by atoms with E-state index < -0.39 is 5.97 Å². The molecule has 0 amide bonds. The molecule has 6 heteroatoms. The molecule has 0 bridgehead atoms. The van der Waals surface area contributed by atoms with E-state index >= 15 is 0 Å². The van der Waals surface area contributed by atoms with Crippen molar-refractivity contribution < 1.29 is 14.3 Å². The molecule has 0 saturated carbocycles. The Bertz CT molecular complexity index is 897. The molecule has 25 heavy (non-hydrogen) atoms. The summed E-state index contributed by atoms with van der Waals surface area (Å²) in [6, 6.07) is 7.59. The smallest absolute Gasteiger partial charge is 0.312 e. The van der Waals surface area contributed by atoms with Crippen LogP contribution in [0.5, 0.6) is 0 Å². The normalized spacial score (nSPS) is 10.6. The Morgan fingerprint density at radius 2 is 2.00 bits per heavy atom. The lowest BCUT2D eigenvalue weighted by Gasteiger charge is -2.07. The van der Waals surface area contributed by atoms with Crippen molar-refractivity contribution in [2.75, 3.05) is 6.61 Å². The third kappa shape index (κ3) is 4.41. The van der Waals surface area contributed by atoms with Crippen molar-refractivity contribution in [2.24, 2.45) is 0 Å². The zero-order valence-electron chi connectivity index (χ0n) is 13.9. The van der Waals surface area contributed by atoms with E-state index in [4.69, 9.17) is 4.74 Å². The maximum atomic E-state index is 12.2. The quantitative estimate of drug-likeness (QED) is 0.474. The van der Waals surface area contributed by atoms with Gasteiger partial charge in [0, 0.05) is 21.9 Å². The van der Waals surface area contributed by atoms with Crippen molar-refractivity contribution >= 4 is 34.4 Å². The monoisotopic (exact) mass is 371 g/mol. The van der Waals surface area contributed by atoms with E-state index in [0.717, 1.165) is 21.7 Å². The molecule has 128 valence electrons. The molecule has 3 rings (SSSR count). The number of hydrogen-bond donors (Lipinski definition) is 0. The van der Waals surface area contributed by atoms with E-state index in [1.165, 1.54) is 11.3 Å². The fourth-order valence-electron chi connectivity index (χ4n) is 2.46. The molecule has 2 heterocycles. The summed E-state index contributed by atoms with van der Waals surface area (Å²) >= 11 is 3.10. The minimum Gasteiger partial charge on any atom is -0.457 e. The van der Waals surface area contributed by atoms with Gasteiger partial charge in [-0.1, -0.05) is 23.8 Å². The van der Waals surface area contributed by atoms with Crippen LogP contribution in [0.2, 0.25) is 0 Å². The Labute approximate surface area is 154 Å². The molecule has 0 aliphatic heterocycles. The molecule has 0 spiro atoms. The van der Waals surface area contributed by atoms with Gasteiger partial charge in [0.1, 0.15) is 5.01 Å². The average Bonchev–Trinajstić information content (AvgIpc) is 3.23. The van der Waals surface area contributed by atoms with Crippen LogP contribution in [0.4, 0.5) is 0 Å². The maximum Gasteiger partial charge on any atom is 0.312 e. The number of carbonyl (C=O) groups excluding carboxylic acids is 2. The molecule has 0 saturated heterocycles. The summed E-state index contributed by atoms with van der Waals surface area (Å²) in [5.74, 6) is -0.636. The first kappa shape index (κ1) is 17.5. The Morgan fingerprint density at radius 3 is 2.72 bits per heavy atom. The molecule has 0 aliphatic carbocycles. The Morgan fingerprint density at radius 1 is 1.16 bits per heavy atom. The number of rotatable bonds is 6. The number of aromatic nitrogens is 1. The molecule has 4 nitrogen and oxygen atoms in total. The predicted octanol–water partition coefficient (Wildman–Crippen LogP) is 4.46. The Balaban J connectivity index is 1.55. The summed E-state index contributed by atoms with van der Waals surface area (Å²) in [6.07, 6.45) is 0.0702. The fourth-order valence-corrected chi connectivity index (χ4v) is 3.99. The molecule has 3 aromatic rings. The molecule has 1 aromatic carbocycles. The van der Waals surface area contributed by atoms with Gasteiger partial charge in [-0.25, -0.2) is 4.98 Å². The minimum atomic E-state index is -0.444. The number of nitrogens with zero attached hydrogens (tertiary/aromatic N) is 1. The second-order valence-corrected chi connectivity index (χ2v) is 7.37. The van der Waals surface area contributed by atoms with Gasteiger partial charge in [-0.05, 0) is 30.9 Å². The molecule has 0 N–H and O–H groups in total. The maximum absolute atomic E-state index is 12.2. The lowest BCUT2D eigenvalue weighted by atomic mass is 10.0. The predicted molar refractivity (Wildman–Crippen MR) is 100 cm³/mol. The van der Waals surface area contributed by atoms with Crippen LogP contribution >= 0.6 is 22.7 Å². The van der Waals surface area contributed by atoms with Crippen LogP contribution in [0.1, 0.15) is 27.2 Å². The average molecular weight is 371 g/mol. The molecule has 0 fully saturated rings. The first-order chi connectivity index (χ1) is 12.0. The van der Waals surface area contributed by atoms with Crippen LogP contribution in [0.15, 0.2) is 40.4 Å². The molecular formula is C19H17NO3S2. The standard InChI is InChI=1S/C19H17NO3S2/c1-12-3-4-16(13(2)7-12)17(21)9-23-18(22)8-15-11-25-19(20-15)14-5-6-24-10-14/h3-7,10-11H,8-9H2,1-2H3. The summed E-state index contributed by atoms with van der Waals surface area (Å²) in [6.45, 7) is 3.60. The van der Waals surface area contributed by atoms with Crippen molar-refractivity contribution in [1.82, 2.24) is 4.98 Å². The van der Waals surface area contributed by atoms with Crippen LogP contribution in [-0.2, 0) is 16.0 Å². The van der Waals surface area contributed by atoms with Gasteiger partial charge in [-0.2, -0.15) is 11.3 Å². The van der Waals surface area contributed by atoms with Crippen molar-refractivity contribution in [2.45, 2.75) is 20.3 Å².